The number of carbonyl (C=O) groups is 1. The number of amides is 1. The minimum absolute atomic E-state index is 0.199. The van der Waals surface area contributed by atoms with E-state index >= 15 is 0 Å². The summed E-state index contributed by atoms with van der Waals surface area (Å²) in [5.41, 5.74) is 0.279. The van der Waals surface area contributed by atoms with E-state index in [-0.39, 0.29) is 5.89 Å². The lowest BCUT2D eigenvalue weighted by atomic mass is 10.0. The third kappa shape index (κ3) is 4.48. The third-order valence-electron chi connectivity index (χ3n) is 5.13. The molecule has 0 spiro atoms. The van der Waals surface area contributed by atoms with Crippen LogP contribution in [0.15, 0.2) is 52.9 Å². The van der Waals surface area contributed by atoms with Crippen molar-refractivity contribution in [2.24, 2.45) is 0 Å². The van der Waals surface area contributed by atoms with Crippen molar-refractivity contribution >= 4 is 11.9 Å². The van der Waals surface area contributed by atoms with Crippen molar-refractivity contribution in [2.45, 2.75) is 31.7 Å². The van der Waals surface area contributed by atoms with Crippen LogP contribution in [0.25, 0.3) is 0 Å². The molecular formula is C22H22F2N4O2. The Morgan fingerprint density at radius 2 is 1.70 bits per heavy atom. The van der Waals surface area contributed by atoms with Gasteiger partial charge < -0.3 is 14.6 Å². The quantitative estimate of drug-likeness (QED) is 0.661. The van der Waals surface area contributed by atoms with Gasteiger partial charge in [0.15, 0.2) is 0 Å². The number of hydrogen-bond acceptors (Lipinski definition) is 5. The third-order valence-corrected chi connectivity index (χ3v) is 5.13. The number of benzene rings is 2. The average Bonchev–Trinajstić information content (AvgIpc) is 3.25. The van der Waals surface area contributed by atoms with Crippen LogP contribution in [0.2, 0.25) is 0 Å². The van der Waals surface area contributed by atoms with Crippen LogP contribution in [0, 0.1) is 11.6 Å². The Morgan fingerprint density at radius 1 is 1.00 bits per heavy atom. The Balaban J connectivity index is 1.60. The van der Waals surface area contributed by atoms with E-state index in [1.165, 1.54) is 12.5 Å². The van der Waals surface area contributed by atoms with Crippen LogP contribution >= 0.6 is 0 Å². The molecule has 0 unspecified atom stereocenters. The lowest BCUT2D eigenvalue weighted by molar-refractivity contribution is 0.0921. The van der Waals surface area contributed by atoms with E-state index in [1.54, 1.807) is 0 Å². The molecule has 2 aromatic carbocycles. The summed E-state index contributed by atoms with van der Waals surface area (Å²) in [6.45, 7) is 1.66. The van der Waals surface area contributed by atoms with E-state index in [1.807, 2.05) is 35.2 Å². The molecule has 0 radical (unpaired) electrons. The fourth-order valence-corrected chi connectivity index (χ4v) is 3.58. The number of halogens is 2. The Bertz CT molecular complexity index is 983. The highest BCUT2D eigenvalue weighted by molar-refractivity contribution is 5.95. The van der Waals surface area contributed by atoms with Gasteiger partial charge in [0.05, 0.1) is 0 Å². The highest BCUT2D eigenvalue weighted by atomic mass is 19.1. The maximum atomic E-state index is 14.1. The molecule has 0 aliphatic carbocycles. The number of aromatic nitrogens is 2. The van der Waals surface area contributed by atoms with Gasteiger partial charge in [0, 0.05) is 19.5 Å². The molecule has 1 aliphatic heterocycles. The smallest absolute Gasteiger partial charge is 0.318 e. The first kappa shape index (κ1) is 20.0. The molecule has 0 saturated carbocycles. The summed E-state index contributed by atoms with van der Waals surface area (Å²) in [6.07, 6.45) is 3.60. The summed E-state index contributed by atoms with van der Waals surface area (Å²) in [6, 6.07) is 12.4. The maximum Gasteiger partial charge on any atom is 0.318 e. The lowest BCUT2D eigenvalue weighted by Gasteiger charge is -2.24. The van der Waals surface area contributed by atoms with Gasteiger partial charge in [0.25, 0.3) is 5.91 Å². The van der Waals surface area contributed by atoms with Crippen molar-refractivity contribution in [3.63, 3.8) is 0 Å². The second kappa shape index (κ2) is 9.02. The zero-order valence-corrected chi connectivity index (χ0v) is 16.4. The monoisotopic (exact) mass is 412 g/mol. The molecular weight excluding hydrogens is 390 g/mol. The normalized spacial score (nSPS) is 15.1. The first-order chi connectivity index (χ1) is 14.6. The molecule has 1 atom stereocenters. The van der Waals surface area contributed by atoms with Gasteiger partial charge in [-0.2, -0.15) is 0 Å². The Labute approximate surface area is 172 Å². The van der Waals surface area contributed by atoms with Crippen LogP contribution < -0.4 is 10.2 Å². The van der Waals surface area contributed by atoms with Crippen molar-refractivity contribution in [3.05, 3.63) is 77.2 Å². The molecule has 1 saturated heterocycles. The molecule has 0 bridgehead atoms. The van der Waals surface area contributed by atoms with Crippen molar-refractivity contribution in [2.75, 3.05) is 18.0 Å². The summed E-state index contributed by atoms with van der Waals surface area (Å²) < 4.78 is 34.0. The van der Waals surface area contributed by atoms with Crippen LogP contribution in [-0.2, 0) is 6.42 Å². The number of nitrogens with one attached hydrogen (secondary N) is 1. The predicted molar refractivity (Wildman–Crippen MR) is 107 cm³/mol. The van der Waals surface area contributed by atoms with E-state index in [0.29, 0.717) is 12.4 Å². The van der Waals surface area contributed by atoms with E-state index in [2.05, 4.69) is 15.5 Å². The fourth-order valence-electron chi connectivity index (χ4n) is 3.58. The first-order valence-electron chi connectivity index (χ1n) is 9.99. The maximum absolute atomic E-state index is 14.1. The molecule has 6 nitrogen and oxygen atoms in total. The van der Waals surface area contributed by atoms with E-state index in [0.717, 1.165) is 43.6 Å². The number of piperidine rings is 1. The number of nitrogens with zero attached hydrogens (tertiary/aromatic N) is 3. The highest BCUT2D eigenvalue weighted by Crippen LogP contribution is 2.24. The molecule has 4 rings (SSSR count). The van der Waals surface area contributed by atoms with Crippen molar-refractivity contribution in [1.29, 1.82) is 0 Å². The number of carbonyl (C=O) groups excluding carboxylic acids is 1. The van der Waals surface area contributed by atoms with E-state index in [4.69, 9.17) is 4.42 Å². The number of anilines is 1. The standard InChI is InChI=1S/C22H22F2N4O2/c23-16-10-7-11-17(24)19(16)20(29)25-18(14-15-8-3-1-4-9-15)21-26-27-22(30-21)28-12-5-2-6-13-28/h1,3-4,7-11,18H,2,5-6,12-14H2,(H,25,29)/t18-/m1/s1. The van der Waals surface area contributed by atoms with E-state index < -0.39 is 29.1 Å². The van der Waals surface area contributed by atoms with Gasteiger partial charge in [-0.1, -0.05) is 41.5 Å². The molecule has 1 aliphatic rings. The second-order valence-electron chi connectivity index (χ2n) is 7.28. The summed E-state index contributed by atoms with van der Waals surface area (Å²) in [5, 5.41) is 10.9. The topological polar surface area (TPSA) is 71.3 Å². The molecule has 3 aromatic rings. The SMILES string of the molecule is O=C(N[C@H](Cc1ccccc1)c1nnc(N2CCCCC2)o1)c1c(F)cccc1F. The van der Waals surface area contributed by atoms with Gasteiger partial charge in [-0.25, -0.2) is 8.78 Å². The summed E-state index contributed by atoms with van der Waals surface area (Å²) in [4.78, 5) is 14.7. The lowest BCUT2D eigenvalue weighted by Crippen LogP contribution is -2.31. The Morgan fingerprint density at radius 3 is 2.40 bits per heavy atom. The molecule has 2 heterocycles. The van der Waals surface area contributed by atoms with Crippen molar-refractivity contribution in [1.82, 2.24) is 15.5 Å². The Kier molecular flexibility index (Phi) is 6.02. The molecule has 30 heavy (non-hydrogen) atoms. The molecule has 1 aromatic heterocycles. The molecule has 1 amide bonds. The van der Waals surface area contributed by atoms with Crippen molar-refractivity contribution < 1.29 is 18.0 Å². The number of hydrogen-bond donors (Lipinski definition) is 1. The van der Waals surface area contributed by atoms with Gasteiger partial charge in [0.1, 0.15) is 23.2 Å². The summed E-state index contributed by atoms with van der Waals surface area (Å²) in [7, 11) is 0. The van der Waals surface area contributed by atoms with Crippen molar-refractivity contribution in [3.8, 4) is 0 Å². The van der Waals surface area contributed by atoms with Gasteiger partial charge in [-0.05, 0) is 37.0 Å². The fraction of sp³-hybridized carbons (Fsp3) is 0.318. The van der Waals surface area contributed by atoms with Crippen LogP contribution in [0.1, 0.15) is 47.1 Å². The molecule has 1 N–H and O–H groups in total. The van der Waals surface area contributed by atoms with Crippen LogP contribution in [0.3, 0.4) is 0 Å². The van der Waals surface area contributed by atoms with Crippen LogP contribution in [0.5, 0.6) is 0 Å². The number of rotatable bonds is 6. The molecule has 8 heteroatoms. The van der Waals surface area contributed by atoms with E-state index in [9.17, 15) is 13.6 Å². The predicted octanol–water partition coefficient (Wildman–Crippen LogP) is 4.05. The minimum Gasteiger partial charge on any atom is -0.406 e. The van der Waals surface area contributed by atoms with Crippen LogP contribution in [-0.4, -0.2) is 29.2 Å². The van der Waals surface area contributed by atoms with Gasteiger partial charge >= 0.3 is 6.01 Å². The largest absolute Gasteiger partial charge is 0.406 e. The molecule has 1 fully saturated rings. The summed E-state index contributed by atoms with van der Waals surface area (Å²) >= 11 is 0. The molecule has 156 valence electrons. The zero-order valence-electron chi connectivity index (χ0n) is 16.4. The highest BCUT2D eigenvalue weighted by Gasteiger charge is 2.26. The minimum atomic E-state index is -0.925. The zero-order chi connectivity index (χ0) is 20.9. The Hall–Kier alpha value is -3.29. The summed E-state index contributed by atoms with van der Waals surface area (Å²) in [5.74, 6) is -2.52. The van der Waals surface area contributed by atoms with Crippen LogP contribution in [0.4, 0.5) is 14.8 Å². The van der Waals surface area contributed by atoms with Gasteiger partial charge in [-0.15, -0.1) is 5.10 Å². The average molecular weight is 412 g/mol. The van der Waals surface area contributed by atoms with Gasteiger partial charge in [-0.3, -0.25) is 4.79 Å². The van der Waals surface area contributed by atoms with Gasteiger partial charge in [0.2, 0.25) is 5.89 Å². The second-order valence-corrected chi connectivity index (χ2v) is 7.28. The first-order valence-corrected chi connectivity index (χ1v) is 9.99.